The second-order valence-corrected chi connectivity index (χ2v) is 6.38. The van der Waals surface area contributed by atoms with Crippen LogP contribution in [0.25, 0.3) is 0 Å². The van der Waals surface area contributed by atoms with Crippen molar-refractivity contribution in [2.45, 2.75) is 37.6 Å². The third kappa shape index (κ3) is 4.41. The molecule has 0 aliphatic carbocycles. The van der Waals surface area contributed by atoms with Gasteiger partial charge < -0.3 is 15.8 Å². The standard InChI is InChI=1S/C16H23FN2O2.ClH/c1-15(2,18)11-19-14(20)16(6-8-21-9-7-16)12-4-3-5-13(17)10-12;/h3-5,10H,6-9,11,18H2,1-2H3,(H,19,20);1H. The van der Waals surface area contributed by atoms with E-state index >= 15 is 0 Å². The Morgan fingerprint density at radius 2 is 2.05 bits per heavy atom. The molecule has 2 rings (SSSR count). The van der Waals surface area contributed by atoms with Crippen molar-refractivity contribution in [2.75, 3.05) is 19.8 Å². The van der Waals surface area contributed by atoms with Crippen LogP contribution in [0.15, 0.2) is 24.3 Å². The maximum atomic E-state index is 13.5. The number of amides is 1. The first-order valence-electron chi connectivity index (χ1n) is 7.24. The van der Waals surface area contributed by atoms with Crippen LogP contribution in [0.2, 0.25) is 0 Å². The molecule has 1 saturated heterocycles. The largest absolute Gasteiger partial charge is 0.381 e. The molecule has 1 fully saturated rings. The Labute approximate surface area is 137 Å². The number of hydrogen-bond donors (Lipinski definition) is 2. The molecule has 4 nitrogen and oxygen atoms in total. The Morgan fingerprint density at radius 3 is 2.59 bits per heavy atom. The second-order valence-electron chi connectivity index (χ2n) is 6.38. The second kappa shape index (κ2) is 7.40. The molecule has 124 valence electrons. The minimum Gasteiger partial charge on any atom is -0.381 e. The van der Waals surface area contributed by atoms with Gasteiger partial charge in [0.25, 0.3) is 0 Å². The van der Waals surface area contributed by atoms with Crippen molar-refractivity contribution in [1.29, 1.82) is 0 Å². The van der Waals surface area contributed by atoms with Crippen molar-refractivity contribution in [3.63, 3.8) is 0 Å². The molecule has 0 bridgehead atoms. The number of rotatable bonds is 4. The summed E-state index contributed by atoms with van der Waals surface area (Å²) in [6.45, 7) is 5.08. The monoisotopic (exact) mass is 330 g/mol. The first kappa shape index (κ1) is 18.9. The molecule has 1 heterocycles. The van der Waals surface area contributed by atoms with E-state index in [4.69, 9.17) is 10.5 Å². The summed E-state index contributed by atoms with van der Waals surface area (Å²) in [6.07, 6.45) is 1.10. The van der Waals surface area contributed by atoms with Crippen LogP contribution in [0.5, 0.6) is 0 Å². The van der Waals surface area contributed by atoms with E-state index in [2.05, 4.69) is 5.32 Å². The zero-order valence-corrected chi connectivity index (χ0v) is 13.8. The Morgan fingerprint density at radius 1 is 1.41 bits per heavy atom. The van der Waals surface area contributed by atoms with E-state index in [1.807, 2.05) is 19.9 Å². The zero-order chi connectivity index (χ0) is 15.5. The van der Waals surface area contributed by atoms with E-state index in [0.717, 1.165) is 0 Å². The van der Waals surface area contributed by atoms with Gasteiger partial charge in [0.15, 0.2) is 0 Å². The lowest BCUT2D eigenvalue weighted by molar-refractivity contribution is -0.130. The summed E-state index contributed by atoms with van der Waals surface area (Å²) in [4.78, 5) is 12.7. The highest BCUT2D eigenvalue weighted by Crippen LogP contribution is 2.35. The normalized spacial score (nSPS) is 17.5. The van der Waals surface area contributed by atoms with Crippen LogP contribution >= 0.6 is 12.4 Å². The lowest BCUT2D eigenvalue weighted by atomic mass is 9.73. The van der Waals surface area contributed by atoms with Gasteiger partial charge in [0.2, 0.25) is 5.91 Å². The molecular formula is C16H24ClFN2O2. The summed E-state index contributed by atoms with van der Waals surface area (Å²) in [7, 11) is 0. The van der Waals surface area contributed by atoms with Gasteiger partial charge in [0.05, 0.1) is 5.41 Å². The van der Waals surface area contributed by atoms with Crippen molar-refractivity contribution < 1.29 is 13.9 Å². The van der Waals surface area contributed by atoms with Crippen molar-refractivity contribution in [1.82, 2.24) is 5.32 Å². The number of ether oxygens (including phenoxy) is 1. The summed E-state index contributed by atoms with van der Waals surface area (Å²) in [6, 6.07) is 6.28. The van der Waals surface area contributed by atoms with Gasteiger partial charge in [-0.15, -0.1) is 12.4 Å². The van der Waals surface area contributed by atoms with E-state index in [1.54, 1.807) is 6.07 Å². The van der Waals surface area contributed by atoms with Crippen molar-refractivity contribution in [3.8, 4) is 0 Å². The average molecular weight is 331 g/mol. The van der Waals surface area contributed by atoms with Crippen LogP contribution in [0, 0.1) is 5.82 Å². The minimum atomic E-state index is -0.731. The average Bonchev–Trinajstić information content (AvgIpc) is 2.44. The smallest absolute Gasteiger partial charge is 0.230 e. The van der Waals surface area contributed by atoms with Crippen LogP contribution in [0.3, 0.4) is 0 Å². The molecule has 22 heavy (non-hydrogen) atoms. The molecule has 0 spiro atoms. The molecule has 1 aliphatic heterocycles. The number of hydrogen-bond acceptors (Lipinski definition) is 3. The number of carbonyl (C=O) groups is 1. The lowest BCUT2D eigenvalue weighted by Crippen LogP contribution is -2.53. The molecule has 0 aromatic heterocycles. The predicted molar refractivity (Wildman–Crippen MR) is 86.7 cm³/mol. The summed E-state index contributed by atoms with van der Waals surface area (Å²) < 4.78 is 18.9. The SMILES string of the molecule is CC(C)(N)CNC(=O)C1(c2cccc(F)c2)CCOCC1.Cl. The molecule has 6 heteroatoms. The van der Waals surface area contributed by atoms with Gasteiger partial charge in [-0.1, -0.05) is 12.1 Å². The van der Waals surface area contributed by atoms with Gasteiger partial charge in [-0.3, -0.25) is 4.79 Å². The van der Waals surface area contributed by atoms with Gasteiger partial charge in [-0.25, -0.2) is 4.39 Å². The fourth-order valence-corrected chi connectivity index (χ4v) is 2.63. The molecule has 0 radical (unpaired) electrons. The van der Waals surface area contributed by atoms with E-state index < -0.39 is 11.0 Å². The van der Waals surface area contributed by atoms with Crippen molar-refractivity contribution in [3.05, 3.63) is 35.6 Å². The van der Waals surface area contributed by atoms with E-state index in [1.165, 1.54) is 12.1 Å². The molecule has 0 atom stereocenters. The Balaban J connectivity index is 0.00000242. The lowest BCUT2D eigenvalue weighted by Gasteiger charge is -2.37. The third-order valence-corrected chi connectivity index (χ3v) is 3.86. The number of benzene rings is 1. The van der Waals surface area contributed by atoms with Crippen LogP contribution in [-0.2, 0) is 14.9 Å². The van der Waals surface area contributed by atoms with Crippen molar-refractivity contribution >= 4 is 18.3 Å². The van der Waals surface area contributed by atoms with E-state index in [9.17, 15) is 9.18 Å². The van der Waals surface area contributed by atoms with Gasteiger partial charge in [0.1, 0.15) is 5.82 Å². The molecule has 1 aliphatic rings. The fourth-order valence-electron chi connectivity index (χ4n) is 2.63. The highest BCUT2D eigenvalue weighted by molar-refractivity contribution is 5.88. The molecule has 1 aromatic rings. The van der Waals surface area contributed by atoms with E-state index in [-0.39, 0.29) is 24.1 Å². The molecule has 1 aromatic carbocycles. The summed E-state index contributed by atoms with van der Waals surface area (Å²) in [5.41, 5.74) is 5.41. The zero-order valence-electron chi connectivity index (χ0n) is 13.0. The number of carbonyl (C=O) groups excluding carboxylic acids is 1. The van der Waals surface area contributed by atoms with Crippen LogP contribution in [-0.4, -0.2) is 31.2 Å². The fraction of sp³-hybridized carbons (Fsp3) is 0.562. The molecule has 0 saturated carbocycles. The van der Waals surface area contributed by atoms with Crippen LogP contribution in [0.4, 0.5) is 4.39 Å². The Hall–Kier alpha value is -1.17. The van der Waals surface area contributed by atoms with Crippen LogP contribution < -0.4 is 11.1 Å². The van der Waals surface area contributed by atoms with Gasteiger partial charge in [-0.05, 0) is 44.4 Å². The number of nitrogens with one attached hydrogen (secondary N) is 1. The molecule has 1 amide bonds. The Kier molecular flexibility index (Phi) is 6.35. The topological polar surface area (TPSA) is 64.3 Å². The van der Waals surface area contributed by atoms with Gasteiger partial charge >= 0.3 is 0 Å². The molecular weight excluding hydrogens is 307 g/mol. The highest BCUT2D eigenvalue weighted by Gasteiger charge is 2.42. The first-order chi connectivity index (χ1) is 9.83. The minimum absolute atomic E-state index is 0. The van der Waals surface area contributed by atoms with E-state index in [0.29, 0.717) is 38.2 Å². The predicted octanol–water partition coefficient (Wildman–Crippen LogP) is 2.15. The summed E-state index contributed by atoms with van der Waals surface area (Å²) >= 11 is 0. The van der Waals surface area contributed by atoms with Crippen LogP contribution in [0.1, 0.15) is 32.3 Å². The molecule has 0 unspecified atom stereocenters. The number of nitrogens with two attached hydrogens (primary N) is 1. The maximum absolute atomic E-state index is 13.5. The first-order valence-corrected chi connectivity index (χ1v) is 7.24. The van der Waals surface area contributed by atoms with Crippen molar-refractivity contribution in [2.24, 2.45) is 5.73 Å². The summed E-state index contributed by atoms with van der Waals surface area (Å²) in [5, 5.41) is 2.91. The quantitative estimate of drug-likeness (QED) is 0.889. The number of halogens is 2. The molecule has 3 N–H and O–H groups in total. The third-order valence-electron chi connectivity index (χ3n) is 3.86. The summed E-state index contributed by atoms with van der Waals surface area (Å²) in [5.74, 6) is -0.430. The highest BCUT2D eigenvalue weighted by atomic mass is 35.5. The maximum Gasteiger partial charge on any atom is 0.230 e. The van der Waals surface area contributed by atoms with Gasteiger partial charge in [-0.2, -0.15) is 0 Å². The van der Waals surface area contributed by atoms with Gasteiger partial charge in [0, 0.05) is 25.3 Å². The Bertz CT molecular complexity index is 511.